The molecule has 0 fully saturated rings. The summed E-state index contributed by atoms with van der Waals surface area (Å²) in [6, 6.07) is 0. The molecule has 1 heterocycles. The minimum absolute atomic E-state index is 0.184. The predicted molar refractivity (Wildman–Crippen MR) is 44.9 cm³/mol. The Hall–Kier alpha value is -1.08. The number of rotatable bonds is 2. The van der Waals surface area contributed by atoms with Crippen molar-refractivity contribution in [1.29, 1.82) is 0 Å². The fourth-order valence-electron chi connectivity index (χ4n) is 0.884. The van der Waals surface area contributed by atoms with Crippen LogP contribution in [0.15, 0.2) is 4.90 Å². The van der Waals surface area contributed by atoms with E-state index in [0.717, 1.165) is 0 Å². The van der Waals surface area contributed by atoms with Gasteiger partial charge in [-0.2, -0.15) is 5.10 Å². The summed E-state index contributed by atoms with van der Waals surface area (Å²) in [5.41, 5.74) is 4.70. The van der Waals surface area contributed by atoms with E-state index in [0.29, 0.717) is 0 Å². The molecule has 72 valence electrons. The van der Waals surface area contributed by atoms with E-state index in [1.807, 2.05) is 0 Å². The van der Waals surface area contributed by atoms with Crippen molar-refractivity contribution in [2.24, 2.45) is 5.73 Å². The Morgan fingerprint density at radius 3 is 2.46 bits per heavy atom. The van der Waals surface area contributed by atoms with Crippen LogP contribution in [0.25, 0.3) is 0 Å². The summed E-state index contributed by atoms with van der Waals surface area (Å²) in [5.74, 6) is -0.941. The number of aromatic nitrogens is 2. The summed E-state index contributed by atoms with van der Waals surface area (Å²) in [6.45, 7) is 1.43. The van der Waals surface area contributed by atoms with Gasteiger partial charge in [-0.1, -0.05) is 0 Å². The van der Waals surface area contributed by atoms with Crippen LogP contribution in [-0.2, 0) is 9.05 Å². The summed E-state index contributed by atoms with van der Waals surface area (Å²) in [6.07, 6.45) is 0. The molecule has 0 saturated carbocycles. The second kappa shape index (κ2) is 3.00. The summed E-state index contributed by atoms with van der Waals surface area (Å²) in [7, 11) is 1.07. The van der Waals surface area contributed by atoms with Gasteiger partial charge in [-0.05, 0) is 6.92 Å². The van der Waals surface area contributed by atoms with Gasteiger partial charge in [0.05, 0.1) is 5.69 Å². The van der Waals surface area contributed by atoms with Crippen molar-refractivity contribution in [3.05, 3.63) is 11.4 Å². The Labute approximate surface area is 78.5 Å². The number of carbonyl (C=O) groups is 1. The van der Waals surface area contributed by atoms with Crippen molar-refractivity contribution >= 4 is 25.6 Å². The first-order valence-electron chi connectivity index (χ1n) is 3.13. The lowest BCUT2D eigenvalue weighted by molar-refractivity contribution is 0.0992. The number of hydrogen-bond donors (Lipinski definition) is 2. The summed E-state index contributed by atoms with van der Waals surface area (Å²) < 4.78 is 21.9. The lowest BCUT2D eigenvalue weighted by atomic mass is 10.3. The maximum Gasteiger partial charge on any atom is 0.270 e. The van der Waals surface area contributed by atoms with E-state index in [-0.39, 0.29) is 16.3 Å². The highest BCUT2D eigenvalue weighted by Gasteiger charge is 2.24. The average molecular weight is 224 g/mol. The normalized spacial score (nSPS) is 11.5. The molecule has 3 N–H and O–H groups in total. The van der Waals surface area contributed by atoms with E-state index < -0.39 is 15.0 Å². The number of halogens is 1. The number of amides is 1. The minimum atomic E-state index is -3.99. The Morgan fingerprint density at radius 2 is 2.15 bits per heavy atom. The molecule has 1 amide bonds. The number of aromatic amines is 1. The molecule has 8 heteroatoms. The molecule has 0 aliphatic heterocycles. The first kappa shape index (κ1) is 10.0. The van der Waals surface area contributed by atoms with E-state index in [4.69, 9.17) is 16.4 Å². The molecule has 0 aliphatic rings. The largest absolute Gasteiger partial charge is 0.364 e. The topological polar surface area (TPSA) is 106 Å². The number of carbonyl (C=O) groups excluding carboxylic acids is 1. The van der Waals surface area contributed by atoms with E-state index in [1.54, 1.807) is 0 Å². The fourth-order valence-corrected chi connectivity index (χ4v) is 2.24. The Morgan fingerprint density at radius 1 is 1.62 bits per heavy atom. The molecule has 6 nitrogen and oxygen atoms in total. The second-order valence-electron chi connectivity index (χ2n) is 2.33. The standard InChI is InChI=1S/C5H6ClN3O3S/c1-2-4(13(6,11)12)3(5(7)10)9-8-2/h1H3,(H2,7,10)(H,8,9). The van der Waals surface area contributed by atoms with E-state index in [2.05, 4.69) is 10.2 Å². The van der Waals surface area contributed by atoms with Gasteiger partial charge < -0.3 is 5.73 Å². The fraction of sp³-hybridized carbons (Fsp3) is 0.200. The van der Waals surface area contributed by atoms with Crippen LogP contribution in [0, 0.1) is 6.92 Å². The van der Waals surface area contributed by atoms with Crippen molar-refractivity contribution < 1.29 is 13.2 Å². The lowest BCUT2D eigenvalue weighted by Crippen LogP contribution is -2.14. The van der Waals surface area contributed by atoms with Gasteiger partial charge in [-0.15, -0.1) is 0 Å². The van der Waals surface area contributed by atoms with Crippen LogP contribution >= 0.6 is 10.7 Å². The van der Waals surface area contributed by atoms with Crippen LogP contribution in [0.1, 0.15) is 16.2 Å². The van der Waals surface area contributed by atoms with Crippen molar-refractivity contribution in [3.8, 4) is 0 Å². The van der Waals surface area contributed by atoms with Gasteiger partial charge in [0.15, 0.2) is 5.69 Å². The molecule has 1 rings (SSSR count). The van der Waals surface area contributed by atoms with Crippen molar-refractivity contribution in [2.75, 3.05) is 0 Å². The third-order valence-electron chi connectivity index (χ3n) is 1.37. The van der Waals surface area contributed by atoms with Gasteiger partial charge in [0.25, 0.3) is 15.0 Å². The molecule has 0 aromatic carbocycles. The SMILES string of the molecule is Cc1[nH]nc(C(N)=O)c1S(=O)(=O)Cl. The number of hydrogen-bond acceptors (Lipinski definition) is 4. The molecule has 0 aliphatic carbocycles. The maximum atomic E-state index is 10.9. The van der Waals surface area contributed by atoms with Crippen LogP contribution in [0.3, 0.4) is 0 Å². The third-order valence-corrected chi connectivity index (χ3v) is 2.82. The van der Waals surface area contributed by atoms with Crippen LogP contribution < -0.4 is 5.73 Å². The molecule has 13 heavy (non-hydrogen) atoms. The van der Waals surface area contributed by atoms with E-state index in [9.17, 15) is 13.2 Å². The second-order valence-corrected chi connectivity index (χ2v) is 4.83. The molecule has 0 unspecified atom stereocenters. The van der Waals surface area contributed by atoms with Crippen molar-refractivity contribution in [3.63, 3.8) is 0 Å². The van der Waals surface area contributed by atoms with Gasteiger partial charge in [0, 0.05) is 10.7 Å². The molecule has 0 radical (unpaired) electrons. The Balaban J connectivity index is 3.51. The molecule has 0 atom stereocenters. The summed E-state index contributed by atoms with van der Waals surface area (Å²) in [5, 5.41) is 5.73. The van der Waals surface area contributed by atoms with Gasteiger partial charge in [0.2, 0.25) is 0 Å². The highest BCUT2D eigenvalue weighted by molar-refractivity contribution is 8.13. The maximum absolute atomic E-state index is 10.9. The van der Waals surface area contributed by atoms with Crippen LogP contribution in [0.5, 0.6) is 0 Å². The highest BCUT2D eigenvalue weighted by atomic mass is 35.7. The number of nitrogens with one attached hydrogen (secondary N) is 1. The van der Waals surface area contributed by atoms with Gasteiger partial charge >= 0.3 is 0 Å². The van der Waals surface area contributed by atoms with Gasteiger partial charge in [-0.25, -0.2) is 8.42 Å². The quantitative estimate of drug-likeness (QED) is 0.674. The zero-order chi connectivity index (χ0) is 10.2. The molecule has 1 aromatic heterocycles. The van der Waals surface area contributed by atoms with Crippen LogP contribution in [-0.4, -0.2) is 24.5 Å². The van der Waals surface area contributed by atoms with E-state index in [1.165, 1.54) is 6.92 Å². The molecular weight excluding hydrogens is 218 g/mol. The number of primary amides is 1. The number of H-pyrrole nitrogens is 1. The Bertz CT molecular complexity index is 450. The molecule has 1 aromatic rings. The average Bonchev–Trinajstić information content (AvgIpc) is 2.28. The lowest BCUT2D eigenvalue weighted by Gasteiger charge is -1.94. The minimum Gasteiger partial charge on any atom is -0.364 e. The first-order valence-corrected chi connectivity index (χ1v) is 5.44. The van der Waals surface area contributed by atoms with Gasteiger partial charge in [-0.3, -0.25) is 9.89 Å². The Kier molecular flexibility index (Phi) is 2.31. The first-order chi connectivity index (χ1) is 5.84. The third kappa shape index (κ3) is 1.81. The van der Waals surface area contributed by atoms with Gasteiger partial charge in [0.1, 0.15) is 4.90 Å². The molecule has 0 spiro atoms. The molecule has 0 bridgehead atoms. The zero-order valence-electron chi connectivity index (χ0n) is 6.54. The monoisotopic (exact) mass is 223 g/mol. The number of nitrogens with two attached hydrogens (primary N) is 1. The molecular formula is C5H6ClN3O3S. The number of nitrogens with zero attached hydrogens (tertiary/aromatic N) is 1. The van der Waals surface area contributed by atoms with Crippen molar-refractivity contribution in [2.45, 2.75) is 11.8 Å². The highest BCUT2D eigenvalue weighted by Crippen LogP contribution is 2.20. The van der Waals surface area contributed by atoms with Crippen molar-refractivity contribution in [1.82, 2.24) is 10.2 Å². The zero-order valence-corrected chi connectivity index (χ0v) is 8.11. The smallest absolute Gasteiger partial charge is 0.270 e. The summed E-state index contributed by atoms with van der Waals surface area (Å²) in [4.78, 5) is 10.3. The molecule has 0 saturated heterocycles. The van der Waals surface area contributed by atoms with Crippen LogP contribution in [0.2, 0.25) is 0 Å². The predicted octanol–water partition coefficient (Wildman–Crippen LogP) is -0.255. The van der Waals surface area contributed by atoms with Crippen LogP contribution in [0.4, 0.5) is 0 Å². The summed E-state index contributed by atoms with van der Waals surface area (Å²) >= 11 is 0. The van der Waals surface area contributed by atoms with E-state index >= 15 is 0 Å². The number of aryl methyl sites for hydroxylation is 1.